The molecule has 1 N–H and O–H groups in total. The van der Waals surface area contributed by atoms with E-state index in [1.165, 1.54) is 12.8 Å². The van der Waals surface area contributed by atoms with E-state index in [2.05, 4.69) is 10.5 Å². The van der Waals surface area contributed by atoms with Gasteiger partial charge in [-0.15, -0.1) is 0 Å². The summed E-state index contributed by atoms with van der Waals surface area (Å²) in [6.07, 6.45) is 6.19. The second-order valence-corrected chi connectivity index (χ2v) is 10.2. The van der Waals surface area contributed by atoms with Gasteiger partial charge in [0.25, 0.3) is 15.9 Å². The molecule has 2 aromatic rings. The molecule has 0 bridgehead atoms. The Morgan fingerprint density at radius 1 is 1.03 bits per heavy atom. The van der Waals surface area contributed by atoms with E-state index in [0.717, 1.165) is 41.3 Å². The molecule has 0 heterocycles. The fourth-order valence-electron chi connectivity index (χ4n) is 3.59. The zero-order chi connectivity index (χ0) is 22.4. The zero-order valence-corrected chi connectivity index (χ0v) is 19.5. The Morgan fingerprint density at radius 3 is 2.29 bits per heavy atom. The third kappa shape index (κ3) is 6.08. The van der Waals surface area contributed by atoms with Crippen LogP contribution in [0.15, 0.2) is 52.5 Å². The fourth-order valence-corrected chi connectivity index (χ4v) is 5.30. The van der Waals surface area contributed by atoms with E-state index in [1.54, 1.807) is 49.4 Å². The number of nitrogens with zero attached hydrogens (tertiary/aromatic N) is 2. The minimum Gasteiger partial charge on any atom is -0.271 e. The van der Waals surface area contributed by atoms with E-state index in [0.29, 0.717) is 16.3 Å². The Hall–Kier alpha value is -2.38. The number of sulfonamides is 1. The first kappa shape index (κ1) is 23.3. The highest BCUT2D eigenvalue weighted by Crippen LogP contribution is 2.29. The van der Waals surface area contributed by atoms with Gasteiger partial charge in [0.15, 0.2) is 0 Å². The van der Waals surface area contributed by atoms with Gasteiger partial charge >= 0.3 is 0 Å². The summed E-state index contributed by atoms with van der Waals surface area (Å²) in [5, 5.41) is 4.77. The van der Waals surface area contributed by atoms with Crippen molar-refractivity contribution in [3.8, 4) is 0 Å². The lowest BCUT2D eigenvalue weighted by atomic mass is 10.2. The molecule has 31 heavy (non-hydrogen) atoms. The van der Waals surface area contributed by atoms with Crippen molar-refractivity contribution in [2.45, 2.75) is 57.3 Å². The first-order valence-corrected chi connectivity index (χ1v) is 12.3. The van der Waals surface area contributed by atoms with E-state index in [9.17, 15) is 13.2 Å². The van der Waals surface area contributed by atoms with Crippen molar-refractivity contribution < 1.29 is 13.2 Å². The third-order valence-electron chi connectivity index (χ3n) is 5.34. The van der Waals surface area contributed by atoms with Crippen molar-refractivity contribution in [1.29, 1.82) is 0 Å². The molecule has 1 fully saturated rings. The second kappa shape index (κ2) is 10.3. The molecule has 0 radical (unpaired) electrons. The zero-order valence-electron chi connectivity index (χ0n) is 17.9. The first-order valence-electron chi connectivity index (χ1n) is 10.5. The monoisotopic (exact) mass is 461 g/mol. The van der Waals surface area contributed by atoms with Gasteiger partial charge in [-0.25, -0.2) is 13.8 Å². The smallest absolute Gasteiger partial charge is 0.264 e. The molecule has 1 aliphatic rings. The van der Waals surface area contributed by atoms with E-state index < -0.39 is 15.9 Å². The number of rotatable bonds is 6. The summed E-state index contributed by atoms with van der Waals surface area (Å²) in [6, 6.07) is 11.5. The van der Waals surface area contributed by atoms with Crippen LogP contribution in [0, 0.1) is 13.8 Å². The normalized spacial score (nSPS) is 14.6. The van der Waals surface area contributed by atoms with Gasteiger partial charge in [-0.05, 0) is 75.4 Å². The van der Waals surface area contributed by atoms with Crippen LogP contribution in [0.1, 0.15) is 49.7 Å². The molecule has 0 atom stereocenters. The Bertz CT molecular complexity index is 1060. The molecule has 0 aromatic heterocycles. The van der Waals surface area contributed by atoms with Gasteiger partial charge < -0.3 is 0 Å². The number of nitrogens with one attached hydrogen (secondary N) is 1. The van der Waals surface area contributed by atoms with Crippen molar-refractivity contribution >= 4 is 38.9 Å². The van der Waals surface area contributed by atoms with Crippen LogP contribution in [0.2, 0.25) is 5.02 Å². The lowest BCUT2D eigenvalue weighted by Crippen LogP contribution is -2.40. The van der Waals surface area contributed by atoms with Crippen LogP contribution >= 0.6 is 11.6 Å². The van der Waals surface area contributed by atoms with Gasteiger partial charge in [0, 0.05) is 10.7 Å². The molecule has 166 valence electrons. The number of hydrazone groups is 1. The maximum Gasteiger partial charge on any atom is 0.264 e. The highest BCUT2D eigenvalue weighted by molar-refractivity contribution is 7.92. The molecule has 0 saturated heterocycles. The number of carbonyl (C=O) groups excluding carboxylic acids is 1. The minimum atomic E-state index is -3.97. The van der Waals surface area contributed by atoms with Gasteiger partial charge in [-0.3, -0.25) is 9.10 Å². The van der Waals surface area contributed by atoms with Crippen molar-refractivity contribution in [3.63, 3.8) is 0 Å². The summed E-state index contributed by atoms with van der Waals surface area (Å²) < 4.78 is 28.0. The molecular formula is C23H28ClN3O3S. The predicted octanol–water partition coefficient (Wildman–Crippen LogP) is 4.98. The Morgan fingerprint density at radius 2 is 1.68 bits per heavy atom. The molecule has 1 aliphatic carbocycles. The SMILES string of the molecule is Cc1ccc(S(=O)(=O)N(CC(=O)NN=C2CCCCCC2)c2ccc(Cl)cc2C)cc1. The predicted molar refractivity (Wildman–Crippen MR) is 125 cm³/mol. The number of halogens is 1. The average molecular weight is 462 g/mol. The number of amides is 1. The standard InChI is InChI=1S/C23H28ClN3O3S/c1-17-9-12-21(13-10-17)31(29,30)27(22-14-11-19(24)15-18(22)2)16-23(28)26-25-20-7-5-3-4-6-8-20/h9-15H,3-8,16H2,1-2H3,(H,26,28). The van der Waals surface area contributed by atoms with E-state index in [4.69, 9.17) is 11.6 Å². The average Bonchev–Trinajstić information content (AvgIpc) is 3.00. The van der Waals surface area contributed by atoms with Gasteiger partial charge in [-0.2, -0.15) is 5.10 Å². The molecule has 1 amide bonds. The lowest BCUT2D eigenvalue weighted by molar-refractivity contribution is -0.119. The molecule has 0 aliphatic heterocycles. The number of anilines is 1. The highest BCUT2D eigenvalue weighted by atomic mass is 35.5. The molecule has 8 heteroatoms. The summed E-state index contributed by atoms with van der Waals surface area (Å²) >= 11 is 6.06. The maximum atomic E-state index is 13.4. The van der Waals surface area contributed by atoms with Gasteiger partial charge in [0.05, 0.1) is 10.6 Å². The largest absolute Gasteiger partial charge is 0.271 e. The van der Waals surface area contributed by atoms with Crippen LogP contribution < -0.4 is 9.73 Å². The number of benzene rings is 2. The summed E-state index contributed by atoms with van der Waals surface area (Å²) in [5.74, 6) is -0.484. The number of hydrogen-bond donors (Lipinski definition) is 1. The molecule has 3 rings (SSSR count). The van der Waals surface area contributed by atoms with Gasteiger partial charge in [0.2, 0.25) is 0 Å². The van der Waals surface area contributed by atoms with E-state index in [-0.39, 0.29) is 11.4 Å². The van der Waals surface area contributed by atoms with Crippen molar-refractivity contribution in [2.75, 3.05) is 10.8 Å². The van der Waals surface area contributed by atoms with Gasteiger partial charge in [0.1, 0.15) is 6.54 Å². The van der Waals surface area contributed by atoms with Gasteiger partial charge in [-0.1, -0.05) is 42.1 Å². The third-order valence-corrected chi connectivity index (χ3v) is 7.35. The Kier molecular flexibility index (Phi) is 7.73. The lowest BCUT2D eigenvalue weighted by Gasteiger charge is -2.25. The summed E-state index contributed by atoms with van der Waals surface area (Å²) in [7, 11) is -3.97. The van der Waals surface area contributed by atoms with Crippen molar-refractivity contribution in [3.05, 3.63) is 58.6 Å². The van der Waals surface area contributed by atoms with Crippen LogP contribution in [-0.2, 0) is 14.8 Å². The first-order chi connectivity index (χ1) is 14.8. The molecule has 6 nitrogen and oxygen atoms in total. The van der Waals surface area contributed by atoms with Crippen LogP contribution in [0.4, 0.5) is 5.69 Å². The Labute approximate surface area is 189 Å². The Balaban J connectivity index is 1.89. The summed E-state index contributed by atoms with van der Waals surface area (Å²) in [6.45, 7) is 3.27. The summed E-state index contributed by atoms with van der Waals surface area (Å²) in [4.78, 5) is 12.8. The van der Waals surface area contributed by atoms with Crippen LogP contribution in [-0.4, -0.2) is 26.6 Å². The number of hydrogen-bond acceptors (Lipinski definition) is 4. The van der Waals surface area contributed by atoms with Crippen LogP contribution in [0.5, 0.6) is 0 Å². The number of carbonyl (C=O) groups is 1. The van der Waals surface area contributed by atoms with Crippen molar-refractivity contribution in [1.82, 2.24) is 5.43 Å². The summed E-state index contributed by atoms with van der Waals surface area (Å²) in [5.41, 5.74) is 5.53. The topological polar surface area (TPSA) is 78.8 Å². The second-order valence-electron chi connectivity index (χ2n) is 7.88. The fraction of sp³-hybridized carbons (Fsp3) is 0.391. The molecule has 1 saturated carbocycles. The van der Waals surface area contributed by atoms with Crippen LogP contribution in [0.3, 0.4) is 0 Å². The molecular weight excluding hydrogens is 434 g/mol. The number of aryl methyl sites for hydroxylation is 2. The molecule has 0 spiro atoms. The van der Waals surface area contributed by atoms with E-state index in [1.807, 2.05) is 6.92 Å². The quantitative estimate of drug-likeness (QED) is 0.486. The molecule has 0 unspecified atom stereocenters. The van der Waals surface area contributed by atoms with Crippen molar-refractivity contribution in [2.24, 2.45) is 5.10 Å². The molecule has 2 aromatic carbocycles. The highest BCUT2D eigenvalue weighted by Gasteiger charge is 2.28. The van der Waals surface area contributed by atoms with Crippen LogP contribution in [0.25, 0.3) is 0 Å². The van der Waals surface area contributed by atoms with E-state index >= 15 is 0 Å². The minimum absolute atomic E-state index is 0.121. The maximum absolute atomic E-state index is 13.4.